The van der Waals surface area contributed by atoms with Gasteiger partial charge in [-0.25, -0.2) is 15.0 Å². The number of hydrogen-bond donors (Lipinski definition) is 0. The van der Waals surface area contributed by atoms with Crippen LogP contribution in [0.25, 0.3) is 111 Å². The molecule has 0 amide bonds. The van der Waals surface area contributed by atoms with E-state index >= 15 is 0 Å². The van der Waals surface area contributed by atoms with Gasteiger partial charge in [0, 0.05) is 27.5 Å². The predicted octanol–water partition coefficient (Wildman–Crippen LogP) is 13.6. The third kappa shape index (κ3) is 5.26. The molecule has 9 aromatic carbocycles. The second-order valence-corrected chi connectivity index (χ2v) is 14.0. The lowest BCUT2D eigenvalue weighted by atomic mass is 9.89. The Morgan fingerprint density at radius 1 is 0.291 bits per heavy atom. The van der Waals surface area contributed by atoms with E-state index < -0.39 is 0 Å². The van der Waals surface area contributed by atoms with Gasteiger partial charge in [0.25, 0.3) is 0 Å². The van der Waals surface area contributed by atoms with Gasteiger partial charge >= 0.3 is 0 Å². The van der Waals surface area contributed by atoms with Crippen molar-refractivity contribution in [3.8, 4) is 56.4 Å². The Kier molecular flexibility index (Phi) is 7.14. The summed E-state index contributed by atoms with van der Waals surface area (Å²) in [6.07, 6.45) is 0. The summed E-state index contributed by atoms with van der Waals surface area (Å²) in [6.45, 7) is 0. The maximum absolute atomic E-state index is 6.60. The van der Waals surface area contributed by atoms with Crippen molar-refractivity contribution < 1.29 is 4.42 Å². The molecule has 256 valence electrons. The van der Waals surface area contributed by atoms with Gasteiger partial charge in [-0.2, -0.15) is 0 Å². The average Bonchev–Trinajstić information content (AvgIpc) is 3.64. The van der Waals surface area contributed by atoms with Crippen LogP contribution in [0.3, 0.4) is 0 Å². The molecule has 0 aliphatic carbocycles. The lowest BCUT2D eigenvalue weighted by Crippen LogP contribution is -2.01. The average molecular weight is 702 g/mol. The summed E-state index contributed by atoms with van der Waals surface area (Å²) in [5, 5.41) is 9.09. The Bertz CT molecular complexity index is 3270. The van der Waals surface area contributed by atoms with Crippen LogP contribution in [0.1, 0.15) is 0 Å². The van der Waals surface area contributed by atoms with Crippen molar-refractivity contribution in [1.29, 1.82) is 0 Å². The van der Waals surface area contributed by atoms with Gasteiger partial charge in [-0.1, -0.05) is 158 Å². The van der Waals surface area contributed by atoms with Crippen molar-refractivity contribution in [2.24, 2.45) is 0 Å². The number of furan rings is 1. The molecule has 11 aromatic rings. The SMILES string of the molecule is c1ccc(-c2nc(-c3ccc4ccccc4c3)nc(-c3ccc(-c4cc(-c5cccc6ccccc56)cc5oc6ccccc6c45)c4ccccc34)n2)cc1. The minimum Gasteiger partial charge on any atom is -0.456 e. The summed E-state index contributed by atoms with van der Waals surface area (Å²) in [7, 11) is 0. The number of nitrogens with zero attached hydrogens (tertiary/aromatic N) is 3. The highest BCUT2D eigenvalue weighted by atomic mass is 16.3. The molecule has 0 atom stereocenters. The van der Waals surface area contributed by atoms with E-state index in [-0.39, 0.29) is 0 Å². The molecule has 0 radical (unpaired) electrons. The first-order valence-corrected chi connectivity index (χ1v) is 18.5. The Morgan fingerprint density at radius 2 is 0.909 bits per heavy atom. The predicted molar refractivity (Wildman–Crippen MR) is 227 cm³/mol. The lowest BCUT2D eigenvalue weighted by Gasteiger charge is -2.15. The smallest absolute Gasteiger partial charge is 0.164 e. The number of para-hydroxylation sites is 1. The first-order valence-electron chi connectivity index (χ1n) is 18.5. The highest BCUT2D eigenvalue weighted by Crippen LogP contribution is 2.44. The van der Waals surface area contributed by atoms with Gasteiger partial charge in [0.2, 0.25) is 0 Å². The third-order valence-electron chi connectivity index (χ3n) is 10.7. The molecule has 0 aliphatic heterocycles. The monoisotopic (exact) mass is 701 g/mol. The molecule has 0 unspecified atom stereocenters. The van der Waals surface area contributed by atoms with Crippen molar-refractivity contribution in [3.05, 3.63) is 188 Å². The van der Waals surface area contributed by atoms with E-state index in [4.69, 9.17) is 19.4 Å². The van der Waals surface area contributed by atoms with Crippen molar-refractivity contribution in [2.75, 3.05) is 0 Å². The van der Waals surface area contributed by atoms with E-state index in [1.807, 2.05) is 36.4 Å². The molecular weight excluding hydrogens is 671 g/mol. The first-order chi connectivity index (χ1) is 27.2. The first kappa shape index (κ1) is 31.1. The molecular formula is C51H31N3O. The molecule has 0 fully saturated rings. The topological polar surface area (TPSA) is 51.8 Å². The number of rotatable bonds is 5. The highest BCUT2D eigenvalue weighted by molar-refractivity contribution is 6.18. The zero-order chi connectivity index (χ0) is 36.3. The van der Waals surface area contributed by atoms with E-state index in [9.17, 15) is 0 Å². The normalized spacial score (nSPS) is 11.6. The van der Waals surface area contributed by atoms with Gasteiger partial charge in [0.05, 0.1) is 0 Å². The van der Waals surface area contributed by atoms with Crippen molar-refractivity contribution in [1.82, 2.24) is 15.0 Å². The second kappa shape index (κ2) is 12.6. The molecule has 0 N–H and O–H groups in total. The fourth-order valence-electron chi connectivity index (χ4n) is 8.10. The summed E-state index contributed by atoms with van der Waals surface area (Å²) >= 11 is 0. The van der Waals surface area contributed by atoms with Crippen LogP contribution in [-0.2, 0) is 0 Å². The number of hydrogen-bond acceptors (Lipinski definition) is 4. The van der Waals surface area contributed by atoms with E-state index in [0.29, 0.717) is 17.5 Å². The molecule has 0 spiro atoms. The molecule has 0 saturated carbocycles. The quantitative estimate of drug-likeness (QED) is 0.179. The molecule has 0 aliphatic rings. The van der Waals surface area contributed by atoms with E-state index in [1.54, 1.807) is 0 Å². The Labute approximate surface area is 317 Å². The second-order valence-electron chi connectivity index (χ2n) is 14.0. The zero-order valence-corrected chi connectivity index (χ0v) is 29.6. The minimum atomic E-state index is 0.628. The molecule has 4 heteroatoms. The fraction of sp³-hybridized carbons (Fsp3) is 0. The van der Waals surface area contributed by atoms with Gasteiger partial charge < -0.3 is 4.42 Å². The van der Waals surface area contributed by atoms with Crippen LogP contribution in [0, 0.1) is 0 Å². The van der Waals surface area contributed by atoms with Crippen LogP contribution in [0.5, 0.6) is 0 Å². The van der Waals surface area contributed by atoms with Gasteiger partial charge in [-0.15, -0.1) is 0 Å². The van der Waals surface area contributed by atoms with Crippen molar-refractivity contribution in [2.45, 2.75) is 0 Å². The number of benzene rings is 9. The third-order valence-corrected chi connectivity index (χ3v) is 10.7. The van der Waals surface area contributed by atoms with Gasteiger partial charge in [-0.05, 0) is 84.9 Å². The van der Waals surface area contributed by atoms with E-state index in [2.05, 4.69) is 152 Å². The van der Waals surface area contributed by atoms with E-state index in [0.717, 1.165) is 71.5 Å². The summed E-state index contributed by atoms with van der Waals surface area (Å²) < 4.78 is 6.60. The maximum atomic E-state index is 6.60. The van der Waals surface area contributed by atoms with Crippen LogP contribution >= 0.6 is 0 Å². The van der Waals surface area contributed by atoms with Crippen LogP contribution < -0.4 is 0 Å². The lowest BCUT2D eigenvalue weighted by molar-refractivity contribution is 0.669. The Morgan fingerprint density at radius 3 is 1.75 bits per heavy atom. The van der Waals surface area contributed by atoms with Gasteiger partial charge in [0.15, 0.2) is 17.5 Å². The molecule has 55 heavy (non-hydrogen) atoms. The maximum Gasteiger partial charge on any atom is 0.164 e. The largest absolute Gasteiger partial charge is 0.456 e. The molecule has 2 heterocycles. The van der Waals surface area contributed by atoms with Gasteiger partial charge in [-0.3, -0.25) is 0 Å². The molecule has 0 saturated heterocycles. The fourth-order valence-corrected chi connectivity index (χ4v) is 8.10. The molecule has 2 aromatic heterocycles. The molecule has 0 bridgehead atoms. The zero-order valence-electron chi connectivity index (χ0n) is 29.6. The van der Waals surface area contributed by atoms with Crippen LogP contribution in [0.4, 0.5) is 0 Å². The molecule has 11 rings (SSSR count). The summed E-state index contributed by atoms with van der Waals surface area (Å²) in [6, 6.07) is 65.8. The number of aromatic nitrogens is 3. The number of fused-ring (bicyclic) bond motifs is 6. The summed E-state index contributed by atoms with van der Waals surface area (Å²) in [5.74, 6) is 1.90. The summed E-state index contributed by atoms with van der Waals surface area (Å²) in [4.78, 5) is 15.4. The standard InChI is InChI=1S/C51H31N3O/c1-2-15-34(16-3-1)49-52-50(36-26-25-32-13-4-5-17-35(32)29-36)54-51(53-49)43-28-27-42(40-20-8-9-21-41(40)43)45-30-37(39-23-12-18-33-14-6-7-19-38(33)39)31-47-48(45)44-22-10-11-24-46(44)55-47/h1-31H. The Hall–Kier alpha value is -7.43. The van der Waals surface area contributed by atoms with Crippen molar-refractivity contribution in [3.63, 3.8) is 0 Å². The highest BCUT2D eigenvalue weighted by Gasteiger charge is 2.20. The van der Waals surface area contributed by atoms with Crippen molar-refractivity contribution >= 4 is 54.3 Å². The van der Waals surface area contributed by atoms with Crippen LogP contribution in [-0.4, -0.2) is 15.0 Å². The van der Waals surface area contributed by atoms with E-state index in [1.165, 1.54) is 21.7 Å². The summed E-state index contributed by atoms with van der Waals surface area (Å²) in [5.41, 5.74) is 9.07. The molecule has 4 nitrogen and oxygen atoms in total. The Balaban J connectivity index is 1.15. The van der Waals surface area contributed by atoms with Crippen LogP contribution in [0.2, 0.25) is 0 Å². The van der Waals surface area contributed by atoms with Gasteiger partial charge in [0.1, 0.15) is 11.2 Å². The minimum absolute atomic E-state index is 0.628. The van der Waals surface area contributed by atoms with Crippen LogP contribution in [0.15, 0.2) is 192 Å².